The first-order valence-electron chi connectivity index (χ1n) is 5.65. The van der Waals surface area contributed by atoms with Gasteiger partial charge in [0.1, 0.15) is 5.82 Å². The average Bonchev–Trinajstić information content (AvgIpc) is 2.74. The Labute approximate surface area is 101 Å². The van der Waals surface area contributed by atoms with Crippen LogP contribution in [0.4, 0.5) is 0 Å². The van der Waals surface area contributed by atoms with Crippen LogP contribution >= 0.6 is 0 Å². The molecule has 2 aromatic heterocycles. The second-order valence-corrected chi connectivity index (χ2v) is 4.15. The standard InChI is InChI=1S/C12H17N5/c1-9-6-16-11(7-14-9)8-15-10(2)12-13-4-5-17(12)3/h4-7,10,15H,8H2,1-3H3. The Hall–Kier alpha value is -1.75. The second-order valence-electron chi connectivity index (χ2n) is 4.15. The van der Waals surface area contributed by atoms with Crippen molar-refractivity contribution in [3.8, 4) is 0 Å². The first-order chi connectivity index (χ1) is 8.16. The molecule has 0 radical (unpaired) electrons. The van der Waals surface area contributed by atoms with Gasteiger partial charge >= 0.3 is 0 Å². The predicted octanol–water partition coefficient (Wildman–Crippen LogP) is 1.37. The maximum absolute atomic E-state index is 4.31. The van der Waals surface area contributed by atoms with Crippen LogP contribution in [0, 0.1) is 6.92 Å². The zero-order valence-corrected chi connectivity index (χ0v) is 10.4. The molecule has 2 heterocycles. The molecule has 2 rings (SSSR count). The molecule has 5 nitrogen and oxygen atoms in total. The van der Waals surface area contributed by atoms with Crippen LogP contribution in [-0.4, -0.2) is 19.5 Å². The summed E-state index contributed by atoms with van der Waals surface area (Å²) >= 11 is 0. The molecule has 0 saturated carbocycles. The van der Waals surface area contributed by atoms with Crippen LogP contribution in [0.5, 0.6) is 0 Å². The van der Waals surface area contributed by atoms with Crippen molar-refractivity contribution < 1.29 is 0 Å². The monoisotopic (exact) mass is 231 g/mol. The third-order valence-electron chi connectivity index (χ3n) is 2.67. The molecule has 1 unspecified atom stereocenters. The van der Waals surface area contributed by atoms with Crippen LogP contribution in [0.3, 0.4) is 0 Å². The molecule has 0 aliphatic heterocycles. The highest BCUT2D eigenvalue weighted by Gasteiger charge is 2.09. The number of aromatic nitrogens is 4. The minimum Gasteiger partial charge on any atom is -0.337 e. The van der Waals surface area contributed by atoms with Gasteiger partial charge in [-0.15, -0.1) is 0 Å². The molecule has 0 fully saturated rings. The Balaban J connectivity index is 1.94. The summed E-state index contributed by atoms with van der Waals surface area (Å²) in [5.74, 6) is 1.02. The van der Waals surface area contributed by atoms with E-state index in [1.54, 1.807) is 18.6 Å². The van der Waals surface area contributed by atoms with E-state index in [1.165, 1.54) is 0 Å². The van der Waals surface area contributed by atoms with Gasteiger partial charge in [0, 0.05) is 38.4 Å². The highest BCUT2D eigenvalue weighted by Crippen LogP contribution is 2.08. The summed E-state index contributed by atoms with van der Waals surface area (Å²) in [7, 11) is 1.99. The molecule has 0 bridgehead atoms. The van der Waals surface area contributed by atoms with Crippen LogP contribution in [-0.2, 0) is 13.6 Å². The number of rotatable bonds is 4. The van der Waals surface area contributed by atoms with E-state index in [2.05, 4.69) is 27.2 Å². The van der Waals surface area contributed by atoms with Gasteiger partial charge in [0.2, 0.25) is 0 Å². The van der Waals surface area contributed by atoms with Crippen LogP contribution in [0.2, 0.25) is 0 Å². The molecule has 0 aliphatic carbocycles. The lowest BCUT2D eigenvalue weighted by molar-refractivity contribution is 0.524. The number of imidazole rings is 1. The van der Waals surface area contributed by atoms with Gasteiger partial charge in [0.15, 0.2) is 0 Å². The van der Waals surface area contributed by atoms with Gasteiger partial charge in [-0.1, -0.05) is 0 Å². The summed E-state index contributed by atoms with van der Waals surface area (Å²) in [6.45, 7) is 4.71. The first-order valence-corrected chi connectivity index (χ1v) is 5.65. The van der Waals surface area contributed by atoms with Crippen molar-refractivity contribution in [2.24, 2.45) is 7.05 Å². The summed E-state index contributed by atoms with van der Waals surface area (Å²) in [4.78, 5) is 12.8. The zero-order chi connectivity index (χ0) is 12.3. The molecule has 0 spiro atoms. The maximum Gasteiger partial charge on any atom is 0.125 e. The Morgan fingerprint density at radius 3 is 2.71 bits per heavy atom. The van der Waals surface area contributed by atoms with Crippen molar-refractivity contribution in [2.45, 2.75) is 26.4 Å². The lowest BCUT2D eigenvalue weighted by Crippen LogP contribution is -2.21. The van der Waals surface area contributed by atoms with Crippen molar-refractivity contribution in [1.82, 2.24) is 24.8 Å². The number of nitrogens with one attached hydrogen (secondary N) is 1. The van der Waals surface area contributed by atoms with Gasteiger partial charge in [-0.25, -0.2) is 4.98 Å². The van der Waals surface area contributed by atoms with Gasteiger partial charge in [-0.2, -0.15) is 0 Å². The minimum absolute atomic E-state index is 0.193. The van der Waals surface area contributed by atoms with Gasteiger partial charge in [-0.05, 0) is 13.8 Å². The molecule has 0 aliphatic rings. The average molecular weight is 231 g/mol. The molecule has 5 heteroatoms. The molecule has 90 valence electrons. The fourth-order valence-electron chi connectivity index (χ4n) is 1.65. The topological polar surface area (TPSA) is 55.6 Å². The van der Waals surface area contributed by atoms with Gasteiger partial charge in [0.05, 0.1) is 17.4 Å². The summed E-state index contributed by atoms with van der Waals surface area (Å²) in [5.41, 5.74) is 1.88. The zero-order valence-electron chi connectivity index (χ0n) is 10.4. The van der Waals surface area contributed by atoms with E-state index in [-0.39, 0.29) is 6.04 Å². The van der Waals surface area contributed by atoms with Gasteiger partial charge in [0.25, 0.3) is 0 Å². The molecule has 0 aromatic carbocycles. The molecule has 1 N–H and O–H groups in total. The van der Waals surface area contributed by atoms with E-state index in [4.69, 9.17) is 0 Å². The van der Waals surface area contributed by atoms with E-state index in [9.17, 15) is 0 Å². The lowest BCUT2D eigenvalue weighted by atomic mass is 10.3. The normalized spacial score (nSPS) is 12.6. The summed E-state index contributed by atoms with van der Waals surface area (Å²) in [5, 5.41) is 3.38. The fourth-order valence-corrected chi connectivity index (χ4v) is 1.65. The summed E-state index contributed by atoms with van der Waals surface area (Å²) < 4.78 is 2.01. The highest BCUT2D eigenvalue weighted by atomic mass is 15.1. The first kappa shape index (κ1) is 11.7. The summed E-state index contributed by atoms with van der Waals surface area (Å²) in [6, 6.07) is 0.193. The highest BCUT2D eigenvalue weighted by molar-refractivity contribution is 5.02. The summed E-state index contributed by atoms with van der Waals surface area (Å²) in [6.07, 6.45) is 7.33. The Morgan fingerprint density at radius 2 is 2.12 bits per heavy atom. The molecule has 1 atom stereocenters. The van der Waals surface area contributed by atoms with Crippen LogP contribution < -0.4 is 5.32 Å². The smallest absolute Gasteiger partial charge is 0.125 e. The largest absolute Gasteiger partial charge is 0.337 e. The van der Waals surface area contributed by atoms with E-state index in [0.717, 1.165) is 17.2 Å². The predicted molar refractivity (Wildman–Crippen MR) is 65.2 cm³/mol. The molecule has 0 amide bonds. The Kier molecular flexibility index (Phi) is 3.49. The van der Waals surface area contributed by atoms with Crippen molar-refractivity contribution >= 4 is 0 Å². The molecule has 2 aromatic rings. The SMILES string of the molecule is Cc1cnc(CNC(C)c2nccn2C)cn1. The van der Waals surface area contributed by atoms with E-state index < -0.39 is 0 Å². The fraction of sp³-hybridized carbons (Fsp3) is 0.417. The van der Waals surface area contributed by atoms with E-state index in [0.29, 0.717) is 6.54 Å². The van der Waals surface area contributed by atoms with Gasteiger partial charge in [-0.3, -0.25) is 9.97 Å². The molecule has 17 heavy (non-hydrogen) atoms. The van der Waals surface area contributed by atoms with Crippen molar-refractivity contribution in [1.29, 1.82) is 0 Å². The van der Waals surface area contributed by atoms with Crippen molar-refractivity contribution in [2.75, 3.05) is 0 Å². The van der Waals surface area contributed by atoms with Crippen LogP contribution in [0.1, 0.15) is 30.2 Å². The van der Waals surface area contributed by atoms with Gasteiger partial charge < -0.3 is 9.88 Å². The second kappa shape index (κ2) is 5.05. The lowest BCUT2D eigenvalue weighted by Gasteiger charge is -2.13. The minimum atomic E-state index is 0.193. The quantitative estimate of drug-likeness (QED) is 0.863. The number of hydrogen-bond acceptors (Lipinski definition) is 4. The van der Waals surface area contributed by atoms with Crippen LogP contribution in [0.15, 0.2) is 24.8 Å². The Bertz CT molecular complexity index is 474. The van der Waals surface area contributed by atoms with Crippen LogP contribution in [0.25, 0.3) is 0 Å². The van der Waals surface area contributed by atoms with E-state index in [1.807, 2.05) is 24.7 Å². The number of nitrogens with zero attached hydrogens (tertiary/aromatic N) is 4. The maximum atomic E-state index is 4.31. The molecular formula is C12H17N5. The third kappa shape index (κ3) is 2.88. The third-order valence-corrected chi connectivity index (χ3v) is 2.67. The number of aryl methyl sites for hydroxylation is 2. The van der Waals surface area contributed by atoms with Crippen molar-refractivity contribution in [3.63, 3.8) is 0 Å². The number of hydrogen-bond donors (Lipinski definition) is 1. The molecule has 0 saturated heterocycles. The van der Waals surface area contributed by atoms with E-state index >= 15 is 0 Å². The molecular weight excluding hydrogens is 214 g/mol. The van der Waals surface area contributed by atoms with Crippen molar-refractivity contribution in [3.05, 3.63) is 42.0 Å². The Morgan fingerprint density at radius 1 is 1.29 bits per heavy atom.